The van der Waals surface area contributed by atoms with Crippen molar-refractivity contribution in [3.05, 3.63) is 27.9 Å². The molecule has 0 saturated heterocycles. The quantitative estimate of drug-likeness (QED) is 0.496. The fourth-order valence-electron chi connectivity index (χ4n) is 1.14. The summed E-state index contributed by atoms with van der Waals surface area (Å²) in [6.45, 7) is 5.87. The maximum Gasteiger partial charge on any atom is 0.310 e. The number of hydrogen-bond donors (Lipinski definition) is 1. The molecule has 94 valence electrons. The van der Waals surface area contributed by atoms with Crippen molar-refractivity contribution in [2.24, 2.45) is 12.2 Å². The number of azide groups is 1. The molecule has 7 nitrogen and oxygen atoms in total. The fraction of sp³-hybridized carbons (Fsp3) is 0.600. The van der Waals surface area contributed by atoms with E-state index >= 15 is 0 Å². The number of carbonyl (C=O) groups is 1. The Morgan fingerprint density at radius 2 is 2.35 bits per heavy atom. The molecule has 0 amide bonds. The Morgan fingerprint density at radius 1 is 1.76 bits per heavy atom. The largest absolute Gasteiger partial charge is 0.481 e. The van der Waals surface area contributed by atoms with Crippen molar-refractivity contribution in [1.82, 2.24) is 9.78 Å². The number of rotatable bonds is 3. The molecule has 0 saturated carbocycles. The van der Waals surface area contributed by atoms with Gasteiger partial charge in [0, 0.05) is 29.8 Å². The van der Waals surface area contributed by atoms with Gasteiger partial charge in [-0.15, -0.1) is 0 Å². The minimum Gasteiger partial charge on any atom is -0.481 e. The van der Waals surface area contributed by atoms with Crippen LogP contribution in [0.3, 0.4) is 0 Å². The summed E-state index contributed by atoms with van der Waals surface area (Å²) < 4.78 is 1.68. The van der Waals surface area contributed by atoms with E-state index in [2.05, 4.69) is 15.1 Å². The van der Waals surface area contributed by atoms with Crippen LogP contribution in [0.2, 0.25) is 0 Å². The Hall–Kier alpha value is -2.01. The zero-order chi connectivity index (χ0) is 13.4. The second-order valence-corrected chi connectivity index (χ2v) is 3.42. The molecule has 0 bridgehead atoms. The van der Waals surface area contributed by atoms with Crippen molar-refractivity contribution in [1.29, 1.82) is 0 Å². The number of carboxylic acids is 1. The molecule has 0 radical (unpaired) electrons. The Kier molecular flexibility index (Phi) is 6.43. The number of aliphatic carboxylic acids is 1. The van der Waals surface area contributed by atoms with Crippen LogP contribution in [0, 0.1) is 6.92 Å². The van der Waals surface area contributed by atoms with Crippen LogP contribution in [-0.2, 0) is 11.8 Å². The first-order valence-electron chi connectivity index (χ1n) is 5.17. The monoisotopic (exact) mass is 239 g/mol. The van der Waals surface area contributed by atoms with Gasteiger partial charge in [-0.3, -0.25) is 9.48 Å². The maximum absolute atomic E-state index is 10.6. The van der Waals surface area contributed by atoms with Crippen molar-refractivity contribution in [2.45, 2.75) is 26.7 Å². The van der Waals surface area contributed by atoms with Crippen LogP contribution in [0.4, 0.5) is 0 Å². The number of carboxylic acid groups (broad SMARTS) is 1. The van der Waals surface area contributed by atoms with Gasteiger partial charge in [-0.25, -0.2) is 0 Å². The zero-order valence-corrected chi connectivity index (χ0v) is 10.5. The molecular formula is C10H17N5O2. The van der Waals surface area contributed by atoms with Crippen LogP contribution in [0.1, 0.15) is 31.0 Å². The van der Waals surface area contributed by atoms with Crippen LogP contribution in [0.25, 0.3) is 10.4 Å². The molecule has 1 aromatic rings. The summed E-state index contributed by atoms with van der Waals surface area (Å²) >= 11 is 0. The first kappa shape index (κ1) is 15.0. The number of hydrogen-bond acceptors (Lipinski definition) is 3. The number of aryl methyl sites for hydroxylation is 1. The van der Waals surface area contributed by atoms with Gasteiger partial charge in [0.05, 0.1) is 12.1 Å². The molecule has 0 aromatic carbocycles. The van der Waals surface area contributed by atoms with E-state index in [9.17, 15) is 4.79 Å². The van der Waals surface area contributed by atoms with Crippen LogP contribution in [0.5, 0.6) is 0 Å². The average molecular weight is 239 g/mol. The van der Waals surface area contributed by atoms with Crippen molar-refractivity contribution in [2.75, 3.05) is 6.54 Å². The topological polar surface area (TPSA) is 104 Å². The summed E-state index contributed by atoms with van der Waals surface area (Å²) in [5, 5.41) is 15.9. The molecule has 7 heteroatoms. The smallest absolute Gasteiger partial charge is 0.310 e. The normalized spacial score (nSPS) is 10.8. The predicted octanol–water partition coefficient (Wildman–Crippen LogP) is 2.23. The Labute approximate surface area is 99.7 Å². The molecule has 1 heterocycles. The van der Waals surface area contributed by atoms with Crippen LogP contribution in [0.15, 0.2) is 11.3 Å². The van der Waals surface area contributed by atoms with Gasteiger partial charge in [0.15, 0.2) is 0 Å². The zero-order valence-electron chi connectivity index (χ0n) is 10.5. The summed E-state index contributed by atoms with van der Waals surface area (Å²) in [4.78, 5) is 13.1. The summed E-state index contributed by atoms with van der Waals surface area (Å²) in [6, 6.07) is 0. The number of nitrogens with zero attached hydrogens (tertiary/aromatic N) is 5. The van der Waals surface area contributed by atoms with E-state index in [0.29, 0.717) is 6.54 Å². The van der Waals surface area contributed by atoms with Gasteiger partial charge >= 0.3 is 5.97 Å². The van der Waals surface area contributed by atoms with Crippen molar-refractivity contribution in [3.8, 4) is 0 Å². The van der Waals surface area contributed by atoms with E-state index in [4.69, 9.17) is 10.6 Å². The molecule has 17 heavy (non-hydrogen) atoms. The summed E-state index contributed by atoms with van der Waals surface area (Å²) in [5.41, 5.74) is 9.21. The molecule has 1 rings (SSSR count). The van der Waals surface area contributed by atoms with E-state index in [0.717, 1.165) is 11.3 Å². The molecule has 1 unspecified atom stereocenters. The minimum atomic E-state index is -0.814. The average Bonchev–Trinajstić information content (AvgIpc) is 2.61. The molecule has 0 aliphatic carbocycles. The maximum atomic E-state index is 10.6. The predicted molar refractivity (Wildman–Crippen MR) is 63.7 cm³/mol. The van der Waals surface area contributed by atoms with Crippen LogP contribution in [-0.4, -0.2) is 27.4 Å². The molecule has 1 atom stereocenters. The summed E-state index contributed by atoms with van der Waals surface area (Å²) in [5.74, 6) is -1.29. The Morgan fingerprint density at radius 3 is 2.59 bits per heavy atom. The van der Waals surface area contributed by atoms with Gasteiger partial charge in [0.2, 0.25) is 0 Å². The first-order chi connectivity index (χ1) is 7.95. The SMILES string of the molecule is CCN=[N+]=[N-].Cc1c(C(C)C(=O)O)cnn1C. The molecule has 0 fully saturated rings. The van der Waals surface area contributed by atoms with Gasteiger partial charge < -0.3 is 5.11 Å². The molecular weight excluding hydrogens is 222 g/mol. The minimum absolute atomic E-state index is 0.473. The Balaban J connectivity index is 0.000000437. The summed E-state index contributed by atoms with van der Waals surface area (Å²) in [7, 11) is 1.80. The third kappa shape index (κ3) is 4.56. The molecule has 1 aromatic heterocycles. The van der Waals surface area contributed by atoms with Crippen LogP contribution >= 0.6 is 0 Å². The van der Waals surface area contributed by atoms with E-state index in [1.54, 1.807) is 31.8 Å². The number of aromatic nitrogens is 2. The standard InChI is InChI=1S/C8H12N2O2.C2H5N3/c1-5(8(11)12)7-4-9-10(3)6(7)2;1-2-4-5-3/h4-5H,1-3H3,(H,11,12);2H2,1H3. The third-order valence-electron chi connectivity index (χ3n) is 2.31. The van der Waals surface area contributed by atoms with E-state index in [1.807, 2.05) is 6.92 Å². The van der Waals surface area contributed by atoms with Gasteiger partial charge in [-0.1, -0.05) is 12.0 Å². The van der Waals surface area contributed by atoms with Gasteiger partial charge in [-0.05, 0) is 19.4 Å². The van der Waals surface area contributed by atoms with E-state index in [1.165, 1.54) is 0 Å². The summed E-state index contributed by atoms with van der Waals surface area (Å²) in [6.07, 6.45) is 1.61. The van der Waals surface area contributed by atoms with Crippen molar-refractivity contribution < 1.29 is 9.90 Å². The molecule has 1 N–H and O–H groups in total. The third-order valence-corrected chi connectivity index (χ3v) is 2.31. The van der Waals surface area contributed by atoms with Crippen LogP contribution < -0.4 is 0 Å². The first-order valence-corrected chi connectivity index (χ1v) is 5.17. The second-order valence-electron chi connectivity index (χ2n) is 3.42. The highest BCUT2D eigenvalue weighted by Gasteiger charge is 2.17. The van der Waals surface area contributed by atoms with Crippen molar-refractivity contribution in [3.63, 3.8) is 0 Å². The highest BCUT2D eigenvalue weighted by Crippen LogP contribution is 2.18. The van der Waals surface area contributed by atoms with Crippen molar-refractivity contribution >= 4 is 5.97 Å². The van der Waals surface area contributed by atoms with E-state index in [-0.39, 0.29) is 0 Å². The highest BCUT2D eigenvalue weighted by atomic mass is 16.4. The van der Waals surface area contributed by atoms with Gasteiger partial charge in [0.25, 0.3) is 0 Å². The molecule has 0 spiro atoms. The van der Waals surface area contributed by atoms with E-state index < -0.39 is 11.9 Å². The van der Waals surface area contributed by atoms with Gasteiger partial charge in [0.1, 0.15) is 0 Å². The Bertz CT molecular complexity index is 420. The molecule has 0 aliphatic rings. The lowest BCUT2D eigenvalue weighted by atomic mass is 10.0. The van der Waals surface area contributed by atoms with Gasteiger partial charge in [-0.2, -0.15) is 5.10 Å². The second kappa shape index (κ2) is 7.29. The highest BCUT2D eigenvalue weighted by molar-refractivity contribution is 5.75. The lowest BCUT2D eigenvalue weighted by molar-refractivity contribution is -0.138. The lowest BCUT2D eigenvalue weighted by Gasteiger charge is -2.04. The lowest BCUT2D eigenvalue weighted by Crippen LogP contribution is -2.08. The fourth-order valence-corrected chi connectivity index (χ4v) is 1.14. The molecule has 0 aliphatic heterocycles.